The van der Waals surface area contributed by atoms with Crippen molar-refractivity contribution in [2.24, 2.45) is 23.7 Å². The molecule has 4 heterocycles. The maximum Gasteiger partial charge on any atom is 0.352 e. The highest BCUT2D eigenvalue weighted by atomic mass is 32.2. The van der Waals surface area contributed by atoms with Gasteiger partial charge in [-0.3, -0.25) is 19.9 Å². The largest absolute Gasteiger partial charge is 0.478 e. The number of carbonyl (C=O) groups is 4. The third-order valence-electron chi connectivity index (χ3n) is 6.84. The molecule has 2 aromatic rings. The van der Waals surface area contributed by atoms with E-state index in [4.69, 9.17) is 38.3 Å². The van der Waals surface area contributed by atoms with Crippen LogP contribution in [0.15, 0.2) is 22.6 Å². The molecule has 0 spiro atoms. The summed E-state index contributed by atoms with van der Waals surface area (Å²) in [5.41, 5.74) is 23.4. The van der Waals surface area contributed by atoms with Crippen molar-refractivity contribution in [1.82, 2.24) is 24.3 Å². The summed E-state index contributed by atoms with van der Waals surface area (Å²) < 4.78 is 7.12. The SMILES string of the molecule is CC(O/N=C(/C(=O)N[C@@H]1C(=O)N2C(C(=O)O)=C(C[n+]3cc(N(CCCN)C(=N)N)c(N)n3C)CSC12)c1nsc(N)n1)C(=O)O. The van der Waals surface area contributed by atoms with Gasteiger partial charge in [-0.15, -0.1) is 21.1 Å². The second-order valence-corrected chi connectivity index (χ2v) is 11.7. The first-order valence-electron chi connectivity index (χ1n) is 13.2. The second kappa shape index (κ2) is 13.4. The van der Waals surface area contributed by atoms with E-state index in [2.05, 4.69) is 19.8 Å². The van der Waals surface area contributed by atoms with Crippen molar-refractivity contribution in [3.05, 3.63) is 23.3 Å². The topological polar surface area (TPSA) is 311 Å². The van der Waals surface area contributed by atoms with Crippen LogP contribution in [0.4, 0.5) is 16.6 Å². The number of fused-ring (bicyclic) bond motifs is 1. The Hall–Kier alpha value is -4.96. The van der Waals surface area contributed by atoms with Gasteiger partial charge < -0.3 is 48.2 Å². The van der Waals surface area contributed by atoms with E-state index < -0.39 is 47.0 Å². The minimum Gasteiger partial charge on any atom is -0.478 e. The lowest BCUT2D eigenvalue weighted by atomic mass is 10.0. The standard InChI is InChI=1S/C23H31N13O7S2/c1-9(20(39)40)43-31-12(16-30-23(28)45-32-16)17(37)29-13-18(38)36-14(21(41)42)10(8-44-19(13)36)6-34-7-11(15(25)33(34)2)35(22(26)27)5-3-4-24/h7,9,13,19,25H,3-6,8,24H2,1-2H3,(H8,26,27,28,29,30,32,37,39,40,41,42)/p+1/b31-12+/t9?,13-,19?/m1/s1. The van der Waals surface area contributed by atoms with Crippen molar-refractivity contribution < 1.29 is 38.9 Å². The van der Waals surface area contributed by atoms with Crippen LogP contribution in [0, 0.1) is 5.41 Å². The highest BCUT2D eigenvalue weighted by Crippen LogP contribution is 2.40. The highest BCUT2D eigenvalue weighted by molar-refractivity contribution is 8.00. The van der Waals surface area contributed by atoms with Gasteiger partial charge in [0.25, 0.3) is 11.8 Å². The molecule has 12 N–H and O–H groups in total. The number of β-lactam (4-membered cyclic amide) rings is 1. The number of nitrogens with two attached hydrogens (primary N) is 4. The van der Waals surface area contributed by atoms with Gasteiger partial charge in [0, 0.05) is 29.4 Å². The Bertz CT molecular complexity index is 1600. The molecule has 2 aromatic heterocycles. The number of hydrogen-bond donors (Lipinski definition) is 8. The van der Waals surface area contributed by atoms with Gasteiger partial charge in [0.2, 0.25) is 23.8 Å². The molecule has 0 bridgehead atoms. The Balaban J connectivity index is 1.56. The first-order chi connectivity index (χ1) is 21.3. The van der Waals surface area contributed by atoms with Crippen molar-refractivity contribution in [1.29, 1.82) is 5.41 Å². The summed E-state index contributed by atoms with van der Waals surface area (Å²) in [5, 5.41) is 32.5. The number of oxime groups is 1. The molecule has 4 rings (SSSR count). The van der Waals surface area contributed by atoms with Crippen LogP contribution in [0.2, 0.25) is 0 Å². The quantitative estimate of drug-likeness (QED) is 0.0347. The molecule has 1 fully saturated rings. The number of anilines is 3. The third kappa shape index (κ3) is 6.61. The van der Waals surface area contributed by atoms with Crippen molar-refractivity contribution >= 4 is 75.4 Å². The van der Waals surface area contributed by atoms with Gasteiger partial charge in [-0.05, 0) is 19.9 Å². The van der Waals surface area contributed by atoms with E-state index in [0.717, 1.165) is 16.4 Å². The number of thioether (sulfide) groups is 1. The number of nitrogens with one attached hydrogen (secondary N) is 2. The zero-order valence-electron chi connectivity index (χ0n) is 24.0. The number of aliphatic carboxylic acids is 2. The number of carboxylic acid groups (broad SMARTS) is 2. The molecule has 2 aliphatic heterocycles. The number of rotatable bonds is 13. The maximum absolute atomic E-state index is 13.3. The summed E-state index contributed by atoms with van der Waals surface area (Å²) in [6.45, 7) is 1.95. The first kappa shape index (κ1) is 32.9. The molecular formula is C23H32N13O7S2+. The zero-order valence-corrected chi connectivity index (χ0v) is 25.7. The summed E-state index contributed by atoms with van der Waals surface area (Å²) in [6, 6.07) is -1.15. The molecule has 0 aliphatic carbocycles. The Kier molecular flexibility index (Phi) is 9.78. The average molecular weight is 667 g/mol. The number of aromatic nitrogens is 4. The fourth-order valence-electron chi connectivity index (χ4n) is 4.48. The average Bonchev–Trinajstić information content (AvgIpc) is 3.53. The molecule has 3 atom stereocenters. The van der Waals surface area contributed by atoms with Crippen LogP contribution in [0.3, 0.4) is 0 Å². The predicted octanol–water partition coefficient (Wildman–Crippen LogP) is -2.99. The van der Waals surface area contributed by atoms with Crippen LogP contribution in [-0.2, 0) is 37.6 Å². The zero-order chi connectivity index (χ0) is 33.2. The van der Waals surface area contributed by atoms with Crippen LogP contribution in [0.1, 0.15) is 19.2 Å². The fraction of sp³-hybridized carbons (Fsp3) is 0.435. The van der Waals surface area contributed by atoms with Gasteiger partial charge in [0.1, 0.15) is 17.1 Å². The van der Waals surface area contributed by atoms with Gasteiger partial charge in [-0.1, -0.05) is 5.16 Å². The Morgan fingerprint density at radius 3 is 2.64 bits per heavy atom. The molecule has 2 aliphatic rings. The van der Waals surface area contributed by atoms with Gasteiger partial charge in [-0.25, -0.2) is 9.59 Å². The first-order valence-corrected chi connectivity index (χ1v) is 15.0. The third-order valence-corrected chi connectivity index (χ3v) is 8.73. The summed E-state index contributed by atoms with van der Waals surface area (Å²) in [5.74, 6) is -4.35. The van der Waals surface area contributed by atoms with E-state index in [-0.39, 0.29) is 40.7 Å². The summed E-state index contributed by atoms with van der Waals surface area (Å²) in [7, 11) is 1.66. The molecule has 0 saturated carbocycles. The van der Waals surface area contributed by atoms with Gasteiger partial charge in [0.15, 0.2) is 29.1 Å². The number of hydrogen-bond acceptors (Lipinski definition) is 14. The number of guanidine groups is 1. The number of carboxylic acids is 2. The van der Waals surface area contributed by atoms with Crippen molar-refractivity contribution in [2.45, 2.75) is 37.4 Å². The molecule has 22 heteroatoms. The lowest BCUT2D eigenvalue weighted by molar-refractivity contribution is -0.765. The molecule has 0 radical (unpaired) electrons. The Morgan fingerprint density at radius 2 is 2.07 bits per heavy atom. The van der Waals surface area contributed by atoms with Crippen LogP contribution in [-0.4, -0.2) is 101 Å². The fourth-order valence-corrected chi connectivity index (χ4v) is 6.25. The highest BCUT2D eigenvalue weighted by Gasteiger charge is 2.55. The molecular weight excluding hydrogens is 634 g/mol. The summed E-state index contributed by atoms with van der Waals surface area (Å²) >= 11 is 1.99. The van der Waals surface area contributed by atoms with E-state index in [0.29, 0.717) is 30.8 Å². The van der Waals surface area contributed by atoms with E-state index in [9.17, 15) is 24.3 Å². The molecule has 1 saturated heterocycles. The summed E-state index contributed by atoms with van der Waals surface area (Å²) in [4.78, 5) is 61.4. The van der Waals surface area contributed by atoms with Crippen molar-refractivity contribution in [3.8, 4) is 0 Å². The summed E-state index contributed by atoms with van der Waals surface area (Å²) in [6.07, 6.45) is 0.765. The molecule has 242 valence electrons. The van der Waals surface area contributed by atoms with Crippen LogP contribution >= 0.6 is 23.3 Å². The van der Waals surface area contributed by atoms with E-state index in [1.165, 1.54) is 23.6 Å². The van der Waals surface area contributed by atoms with Crippen molar-refractivity contribution in [2.75, 3.05) is 35.2 Å². The molecule has 20 nitrogen and oxygen atoms in total. The van der Waals surface area contributed by atoms with Crippen molar-refractivity contribution in [3.63, 3.8) is 0 Å². The van der Waals surface area contributed by atoms with Crippen LogP contribution < -0.4 is 37.8 Å². The maximum atomic E-state index is 13.3. The monoisotopic (exact) mass is 666 g/mol. The lowest BCUT2D eigenvalue weighted by Crippen LogP contribution is -2.71. The number of amides is 2. The Morgan fingerprint density at radius 1 is 1.36 bits per heavy atom. The molecule has 0 aromatic carbocycles. The molecule has 2 amide bonds. The second-order valence-electron chi connectivity index (χ2n) is 9.80. The number of nitrogens with zero attached hydrogens (tertiary/aromatic N) is 7. The van der Waals surface area contributed by atoms with Gasteiger partial charge in [-0.2, -0.15) is 9.36 Å². The normalized spacial score (nSPS) is 18.6. The van der Waals surface area contributed by atoms with Gasteiger partial charge in [0.05, 0.1) is 7.05 Å². The van der Waals surface area contributed by atoms with E-state index in [1.54, 1.807) is 22.6 Å². The number of carbonyl (C=O) groups excluding carboxylic acids is 2. The van der Waals surface area contributed by atoms with Crippen LogP contribution in [0.5, 0.6) is 0 Å². The minimum atomic E-state index is -1.41. The number of nitrogen functional groups attached to an aromatic ring is 2. The predicted molar refractivity (Wildman–Crippen MR) is 162 cm³/mol. The van der Waals surface area contributed by atoms with Crippen LogP contribution in [0.25, 0.3) is 0 Å². The van der Waals surface area contributed by atoms with E-state index >= 15 is 0 Å². The Labute approximate surface area is 263 Å². The smallest absolute Gasteiger partial charge is 0.352 e. The lowest BCUT2D eigenvalue weighted by Gasteiger charge is -2.49. The van der Waals surface area contributed by atoms with Gasteiger partial charge >= 0.3 is 11.9 Å². The molecule has 45 heavy (non-hydrogen) atoms. The van der Waals surface area contributed by atoms with E-state index in [1.807, 2.05) is 0 Å². The minimum absolute atomic E-state index is 0.00353. The molecule has 2 unspecified atom stereocenters.